The van der Waals surface area contributed by atoms with Crippen molar-refractivity contribution in [1.29, 1.82) is 0 Å². The maximum atomic E-state index is 12.8. The second-order valence-electron chi connectivity index (χ2n) is 6.05. The van der Waals surface area contributed by atoms with Crippen LogP contribution in [-0.4, -0.2) is 25.5 Å². The maximum Gasteiger partial charge on any atom is 0.157 e. The van der Waals surface area contributed by atoms with Crippen molar-refractivity contribution in [3.05, 3.63) is 29.8 Å². The fourth-order valence-corrected chi connectivity index (χ4v) is 5.80. The molecule has 0 bridgehead atoms. The van der Waals surface area contributed by atoms with Crippen LogP contribution < -0.4 is 5.32 Å². The molecule has 2 aliphatic rings. The minimum atomic E-state index is -2.99. The van der Waals surface area contributed by atoms with Crippen LogP contribution in [0, 0.1) is 0 Å². The fraction of sp³-hybridized carbons (Fsp3) is 0.625. The number of rotatable bonds is 2. The summed E-state index contributed by atoms with van der Waals surface area (Å²) in [5.41, 5.74) is 2.35. The third kappa shape index (κ3) is 2.71. The maximum absolute atomic E-state index is 12.8. The predicted molar refractivity (Wildman–Crippen MR) is 82.8 cm³/mol. The molecule has 1 aromatic rings. The van der Waals surface area contributed by atoms with E-state index in [0.717, 1.165) is 44.2 Å². The number of fused-ring (bicyclic) bond motifs is 1. The summed E-state index contributed by atoms with van der Waals surface area (Å²) in [5, 5.41) is 3.02. The van der Waals surface area contributed by atoms with E-state index in [1.165, 1.54) is 12.0 Å². The van der Waals surface area contributed by atoms with E-state index in [4.69, 9.17) is 0 Å². The second kappa shape index (κ2) is 5.76. The summed E-state index contributed by atoms with van der Waals surface area (Å²) in [6, 6.07) is 8.17. The molecule has 1 aliphatic heterocycles. The van der Waals surface area contributed by atoms with E-state index in [-0.39, 0.29) is 10.5 Å². The third-order valence-electron chi connectivity index (χ3n) is 4.75. The monoisotopic (exact) mass is 293 g/mol. The Bertz CT molecular complexity index is 535. The van der Waals surface area contributed by atoms with Crippen molar-refractivity contribution < 1.29 is 8.42 Å². The van der Waals surface area contributed by atoms with Gasteiger partial charge in [0.2, 0.25) is 0 Å². The summed E-state index contributed by atoms with van der Waals surface area (Å²) in [5.74, 6) is 0. The third-order valence-corrected chi connectivity index (χ3v) is 7.49. The van der Waals surface area contributed by atoms with Crippen LogP contribution in [0.15, 0.2) is 24.3 Å². The van der Waals surface area contributed by atoms with Crippen LogP contribution in [0.1, 0.15) is 44.1 Å². The molecule has 0 aromatic heterocycles. The number of anilines is 1. The lowest BCUT2D eigenvalue weighted by Crippen LogP contribution is -2.37. The fourth-order valence-electron chi connectivity index (χ4n) is 3.50. The summed E-state index contributed by atoms with van der Waals surface area (Å²) < 4.78 is 25.6. The van der Waals surface area contributed by atoms with Gasteiger partial charge >= 0.3 is 0 Å². The van der Waals surface area contributed by atoms with Crippen molar-refractivity contribution in [2.75, 3.05) is 11.9 Å². The first-order valence-corrected chi connectivity index (χ1v) is 9.33. The molecule has 3 nitrogen and oxygen atoms in total. The van der Waals surface area contributed by atoms with Gasteiger partial charge in [0.15, 0.2) is 9.84 Å². The van der Waals surface area contributed by atoms with Gasteiger partial charge in [-0.3, -0.25) is 0 Å². The van der Waals surface area contributed by atoms with Crippen LogP contribution in [0.5, 0.6) is 0 Å². The van der Waals surface area contributed by atoms with Gasteiger partial charge in [0, 0.05) is 12.2 Å². The first kappa shape index (κ1) is 13.9. The van der Waals surface area contributed by atoms with Crippen molar-refractivity contribution in [2.24, 2.45) is 0 Å². The lowest BCUT2D eigenvalue weighted by atomic mass is 10.0. The van der Waals surface area contributed by atoms with E-state index >= 15 is 0 Å². The Morgan fingerprint density at radius 1 is 0.950 bits per heavy atom. The lowest BCUT2D eigenvalue weighted by Gasteiger charge is -2.26. The number of hydrogen-bond acceptors (Lipinski definition) is 3. The van der Waals surface area contributed by atoms with E-state index in [1.807, 2.05) is 18.2 Å². The predicted octanol–water partition coefficient (Wildman–Crippen LogP) is 3.16. The molecule has 1 unspecified atom stereocenters. The van der Waals surface area contributed by atoms with Gasteiger partial charge in [0.25, 0.3) is 0 Å². The van der Waals surface area contributed by atoms with Crippen LogP contribution >= 0.6 is 0 Å². The highest BCUT2D eigenvalue weighted by Crippen LogP contribution is 2.30. The van der Waals surface area contributed by atoms with Crippen molar-refractivity contribution in [2.45, 2.75) is 55.4 Å². The summed E-state index contributed by atoms with van der Waals surface area (Å²) >= 11 is 0. The largest absolute Gasteiger partial charge is 0.384 e. The van der Waals surface area contributed by atoms with Gasteiger partial charge in [-0.05, 0) is 37.3 Å². The zero-order chi connectivity index (χ0) is 14.0. The van der Waals surface area contributed by atoms with Crippen LogP contribution in [0.2, 0.25) is 0 Å². The average Bonchev–Trinajstić information content (AvgIpc) is 2.71. The van der Waals surface area contributed by atoms with Gasteiger partial charge in [-0.1, -0.05) is 37.5 Å². The minimum absolute atomic E-state index is 0.0933. The Hall–Kier alpha value is -1.03. The highest BCUT2D eigenvalue weighted by molar-refractivity contribution is 7.92. The van der Waals surface area contributed by atoms with E-state index in [0.29, 0.717) is 6.54 Å². The van der Waals surface area contributed by atoms with Crippen LogP contribution in [0.3, 0.4) is 0 Å². The van der Waals surface area contributed by atoms with Gasteiger partial charge in [-0.25, -0.2) is 8.42 Å². The van der Waals surface area contributed by atoms with Crippen molar-refractivity contribution in [3.8, 4) is 0 Å². The normalized spacial score (nSPS) is 24.5. The standard InChI is InChI=1S/C16H23NO2S/c18-20(19,14-7-2-1-3-8-14)15-11-10-13-6-4-5-9-16(13)17-12-15/h4-6,9,14-15,17H,1-3,7-8,10-12H2. The molecule has 1 saturated carbocycles. The Labute approximate surface area is 121 Å². The summed E-state index contributed by atoms with van der Waals surface area (Å²) in [6.07, 6.45) is 6.69. The Balaban J connectivity index is 1.75. The van der Waals surface area contributed by atoms with Gasteiger partial charge in [-0.2, -0.15) is 0 Å². The van der Waals surface area contributed by atoms with Gasteiger partial charge in [0.1, 0.15) is 0 Å². The zero-order valence-corrected chi connectivity index (χ0v) is 12.7. The molecule has 110 valence electrons. The zero-order valence-electron chi connectivity index (χ0n) is 11.8. The summed E-state index contributed by atoms with van der Waals surface area (Å²) in [4.78, 5) is 0. The molecule has 1 N–H and O–H groups in total. The number of benzene rings is 1. The van der Waals surface area contributed by atoms with Crippen LogP contribution in [0.4, 0.5) is 5.69 Å². The molecule has 0 amide bonds. The first-order chi connectivity index (χ1) is 9.68. The quantitative estimate of drug-likeness (QED) is 0.911. The Morgan fingerprint density at radius 3 is 2.50 bits per heavy atom. The topological polar surface area (TPSA) is 46.2 Å². The highest BCUT2D eigenvalue weighted by atomic mass is 32.2. The molecule has 1 heterocycles. The van der Waals surface area contributed by atoms with Gasteiger partial charge in [0.05, 0.1) is 10.5 Å². The number of sulfone groups is 1. The van der Waals surface area contributed by atoms with E-state index in [9.17, 15) is 8.42 Å². The molecule has 1 fully saturated rings. The molecule has 1 aliphatic carbocycles. The minimum Gasteiger partial charge on any atom is -0.384 e. The number of hydrogen-bond donors (Lipinski definition) is 1. The smallest absolute Gasteiger partial charge is 0.157 e. The molecule has 3 rings (SSSR count). The Kier molecular flexibility index (Phi) is 4.01. The van der Waals surface area contributed by atoms with Crippen LogP contribution in [-0.2, 0) is 16.3 Å². The number of nitrogens with one attached hydrogen (secondary N) is 1. The van der Waals surface area contributed by atoms with Crippen molar-refractivity contribution in [3.63, 3.8) is 0 Å². The molecule has 1 atom stereocenters. The molecule has 1 aromatic carbocycles. The molecule has 0 radical (unpaired) electrons. The first-order valence-electron chi connectivity index (χ1n) is 7.72. The second-order valence-corrected chi connectivity index (χ2v) is 8.56. The highest BCUT2D eigenvalue weighted by Gasteiger charge is 2.35. The van der Waals surface area contributed by atoms with E-state index < -0.39 is 9.84 Å². The van der Waals surface area contributed by atoms with Gasteiger partial charge < -0.3 is 5.32 Å². The van der Waals surface area contributed by atoms with Gasteiger partial charge in [-0.15, -0.1) is 0 Å². The molecule has 20 heavy (non-hydrogen) atoms. The van der Waals surface area contributed by atoms with Crippen LogP contribution in [0.25, 0.3) is 0 Å². The molecule has 0 saturated heterocycles. The number of para-hydroxylation sites is 1. The molecular formula is C16H23NO2S. The SMILES string of the molecule is O=S(=O)(C1CCCCC1)C1CCc2ccccc2NC1. The Morgan fingerprint density at radius 2 is 1.70 bits per heavy atom. The van der Waals surface area contributed by atoms with E-state index in [2.05, 4.69) is 11.4 Å². The molecular weight excluding hydrogens is 270 g/mol. The van der Waals surface area contributed by atoms with E-state index in [1.54, 1.807) is 0 Å². The molecule has 4 heteroatoms. The molecule has 0 spiro atoms. The average molecular weight is 293 g/mol. The summed E-state index contributed by atoms with van der Waals surface area (Å²) in [6.45, 7) is 0.565. The number of aryl methyl sites for hydroxylation is 1. The lowest BCUT2D eigenvalue weighted by molar-refractivity contribution is 0.476. The van der Waals surface area contributed by atoms with Crippen molar-refractivity contribution in [1.82, 2.24) is 0 Å². The summed E-state index contributed by atoms with van der Waals surface area (Å²) in [7, 11) is -2.99. The van der Waals surface area contributed by atoms with Crippen molar-refractivity contribution >= 4 is 15.5 Å².